The molecule has 1 saturated heterocycles. The molecule has 1 aliphatic heterocycles. The molecule has 5 nitrogen and oxygen atoms in total. The second-order valence-corrected chi connectivity index (χ2v) is 8.60. The molecule has 0 radical (unpaired) electrons. The van der Waals surface area contributed by atoms with Crippen molar-refractivity contribution < 1.29 is 18.3 Å². The number of thioether (sulfide) groups is 1. The van der Waals surface area contributed by atoms with Crippen LogP contribution in [0, 0.1) is 6.92 Å². The summed E-state index contributed by atoms with van der Waals surface area (Å²) < 4.78 is 24.4. The van der Waals surface area contributed by atoms with E-state index in [2.05, 4.69) is 0 Å². The van der Waals surface area contributed by atoms with E-state index < -0.39 is 21.1 Å². The highest BCUT2D eigenvalue weighted by molar-refractivity contribution is 8.01. The highest BCUT2D eigenvalue weighted by Crippen LogP contribution is 2.26. The molecule has 2 rings (SSSR count). The first kappa shape index (κ1) is 16.2. The number of aryl methyl sites for hydroxylation is 1. The van der Waals surface area contributed by atoms with E-state index in [0.29, 0.717) is 18.1 Å². The largest absolute Gasteiger partial charge is 0.507 e. The van der Waals surface area contributed by atoms with E-state index in [1.54, 1.807) is 19.1 Å². The van der Waals surface area contributed by atoms with E-state index in [1.807, 2.05) is 6.92 Å². The molecule has 1 unspecified atom stereocenters. The van der Waals surface area contributed by atoms with E-state index in [0.717, 1.165) is 5.56 Å². The van der Waals surface area contributed by atoms with Crippen molar-refractivity contribution in [1.29, 1.82) is 0 Å². The van der Waals surface area contributed by atoms with Crippen LogP contribution in [0.4, 0.5) is 0 Å². The van der Waals surface area contributed by atoms with Crippen molar-refractivity contribution in [1.82, 2.24) is 4.90 Å². The number of phenolic OH excluding ortho intramolecular Hbond substituents is 1. The Labute approximate surface area is 129 Å². The van der Waals surface area contributed by atoms with Crippen molar-refractivity contribution in [2.24, 2.45) is 0 Å². The molecule has 1 atom stereocenters. The Morgan fingerprint density at radius 2 is 2.19 bits per heavy atom. The summed E-state index contributed by atoms with van der Waals surface area (Å²) in [5, 5.41) is 9.07. The molecule has 1 N–H and O–H groups in total. The molecule has 0 aromatic heterocycles. The highest BCUT2D eigenvalue weighted by Gasteiger charge is 2.36. The number of aromatic hydroxyl groups is 1. The number of carbonyl (C=O) groups is 1. The minimum absolute atomic E-state index is 0.00179. The van der Waals surface area contributed by atoms with Crippen LogP contribution in [0.2, 0.25) is 0 Å². The summed E-state index contributed by atoms with van der Waals surface area (Å²) in [4.78, 5) is 14.0. The van der Waals surface area contributed by atoms with Gasteiger partial charge in [-0.05, 0) is 19.1 Å². The average Bonchev–Trinajstić information content (AvgIpc) is 2.49. The van der Waals surface area contributed by atoms with Gasteiger partial charge in [0, 0.05) is 23.8 Å². The van der Waals surface area contributed by atoms with Crippen LogP contribution >= 0.6 is 11.8 Å². The van der Waals surface area contributed by atoms with Gasteiger partial charge in [0.05, 0.1) is 5.56 Å². The van der Waals surface area contributed by atoms with Gasteiger partial charge in [-0.3, -0.25) is 4.79 Å². The molecule has 1 aliphatic rings. The van der Waals surface area contributed by atoms with Gasteiger partial charge in [-0.15, -0.1) is 0 Å². The molecule has 1 aromatic rings. The Morgan fingerprint density at radius 3 is 2.86 bits per heavy atom. The zero-order valence-corrected chi connectivity index (χ0v) is 13.7. The average molecular weight is 329 g/mol. The number of hydrogen-bond acceptors (Lipinski definition) is 5. The Hall–Kier alpha value is -1.21. The third-order valence-electron chi connectivity index (χ3n) is 3.54. The Morgan fingerprint density at radius 1 is 1.48 bits per heavy atom. The van der Waals surface area contributed by atoms with Gasteiger partial charge in [0.2, 0.25) is 0 Å². The SMILES string of the molecule is CCS(=O)(=O)C1CSCCN1C(=O)c1cc(C)ccc1O. The first-order valence-corrected chi connectivity index (χ1v) is 9.63. The molecule has 1 aromatic carbocycles. The lowest BCUT2D eigenvalue weighted by molar-refractivity contribution is 0.0746. The quantitative estimate of drug-likeness (QED) is 0.913. The van der Waals surface area contributed by atoms with Crippen molar-refractivity contribution >= 4 is 27.5 Å². The maximum absolute atomic E-state index is 12.6. The molecule has 0 saturated carbocycles. The number of sulfone groups is 1. The fourth-order valence-electron chi connectivity index (χ4n) is 2.28. The number of amides is 1. The number of rotatable bonds is 3. The first-order valence-electron chi connectivity index (χ1n) is 6.76. The van der Waals surface area contributed by atoms with Gasteiger partial charge in [0.1, 0.15) is 11.1 Å². The molecular weight excluding hydrogens is 310 g/mol. The molecule has 0 bridgehead atoms. The predicted octanol–water partition coefficient (Wildman–Crippen LogP) is 1.65. The van der Waals surface area contributed by atoms with Crippen LogP contribution in [-0.2, 0) is 9.84 Å². The number of carbonyl (C=O) groups excluding carboxylic acids is 1. The van der Waals surface area contributed by atoms with E-state index >= 15 is 0 Å². The Bertz CT molecular complexity index is 642. The number of phenols is 1. The summed E-state index contributed by atoms with van der Waals surface area (Å²) in [6.07, 6.45) is 0. The summed E-state index contributed by atoms with van der Waals surface area (Å²) in [6.45, 7) is 3.78. The maximum atomic E-state index is 12.6. The van der Waals surface area contributed by atoms with Crippen molar-refractivity contribution in [2.45, 2.75) is 19.2 Å². The normalized spacial score (nSPS) is 19.5. The summed E-state index contributed by atoms with van der Waals surface area (Å²) in [7, 11) is -3.34. The molecule has 116 valence electrons. The van der Waals surface area contributed by atoms with Gasteiger partial charge >= 0.3 is 0 Å². The molecule has 21 heavy (non-hydrogen) atoms. The van der Waals surface area contributed by atoms with E-state index in [9.17, 15) is 18.3 Å². The lowest BCUT2D eigenvalue weighted by Crippen LogP contribution is -2.50. The van der Waals surface area contributed by atoms with Crippen molar-refractivity contribution in [3.05, 3.63) is 29.3 Å². The van der Waals surface area contributed by atoms with Crippen LogP contribution in [0.15, 0.2) is 18.2 Å². The summed E-state index contributed by atoms with van der Waals surface area (Å²) in [6, 6.07) is 4.76. The van der Waals surface area contributed by atoms with Gasteiger partial charge < -0.3 is 10.0 Å². The van der Waals surface area contributed by atoms with Crippen molar-refractivity contribution in [2.75, 3.05) is 23.8 Å². The fourth-order valence-corrected chi connectivity index (χ4v) is 5.24. The standard InChI is InChI=1S/C14H19NO4S2/c1-3-21(18,19)13-9-20-7-6-15(13)14(17)11-8-10(2)4-5-12(11)16/h4-5,8,13,16H,3,6-7,9H2,1-2H3. The van der Waals surface area contributed by atoms with Gasteiger partial charge in [0.25, 0.3) is 5.91 Å². The summed E-state index contributed by atoms with van der Waals surface area (Å²) in [5.74, 6) is 0.555. The van der Waals surface area contributed by atoms with Crippen LogP contribution in [0.5, 0.6) is 5.75 Å². The zero-order valence-electron chi connectivity index (χ0n) is 12.1. The Balaban J connectivity index is 2.37. The minimum atomic E-state index is -3.34. The predicted molar refractivity (Wildman–Crippen MR) is 84.5 cm³/mol. The van der Waals surface area contributed by atoms with Gasteiger partial charge in [0.15, 0.2) is 9.84 Å². The van der Waals surface area contributed by atoms with Crippen LogP contribution in [-0.4, -0.2) is 53.5 Å². The lowest BCUT2D eigenvalue weighted by atomic mass is 10.1. The monoisotopic (exact) mass is 329 g/mol. The molecule has 1 amide bonds. The van der Waals surface area contributed by atoms with E-state index in [-0.39, 0.29) is 17.1 Å². The molecule has 0 spiro atoms. The van der Waals surface area contributed by atoms with Crippen molar-refractivity contribution in [3.8, 4) is 5.75 Å². The number of hydrogen-bond donors (Lipinski definition) is 1. The molecular formula is C14H19NO4S2. The molecule has 0 aliphatic carbocycles. The first-order chi connectivity index (χ1) is 9.86. The summed E-state index contributed by atoms with van der Waals surface area (Å²) in [5.41, 5.74) is 1.01. The second-order valence-electron chi connectivity index (χ2n) is 5.00. The number of nitrogens with zero attached hydrogens (tertiary/aromatic N) is 1. The van der Waals surface area contributed by atoms with Crippen LogP contribution in [0.1, 0.15) is 22.8 Å². The zero-order chi connectivity index (χ0) is 15.6. The molecule has 1 heterocycles. The number of benzene rings is 1. The van der Waals surface area contributed by atoms with Crippen LogP contribution in [0.3, 0.4) is 0 Å². The molecule has 7 heteroatoms. The third kappa shape index (κ3) is 3.35. The third-order valence-corrected chi connectivity index (χ3v) is 6.83. The maximum Gasteiger partial charge on any atom is 0.258 e. The fraction of sp³-hybridized carbons (Fsp3) is 0.500. The Kier molecular flexibility index (Phi) is 4.83. The van der Waals surface area contributed by atoms with E-state index in [4.69, 9.17) is 0 Å². The lowest BCUT2D eigenvalue weighted by Gasteiger charge is -2.34. The topological polar surface area (TPSA) is 74.7 Å². The van der Waals surface area contributed by atoms with Gasteiger partial charge in [-0.1, -0.05) is 18.6 Å². The van der Waals surface area contributed by atoms with Gasteiger partial charge in [-0.2, -0.15) is 11.8 Å². The van der Waals surface area contributed by atoms with E-state index in [1.165, 1.54) is 22.7 Å². The van der Waals surface area contributed by atoms with Gasteiger partial charge in [-0.25, -0.2) is 8.42 Å². The molecule has 1 fully saturated rings. The van der Waals surface area contributed by atoms with Crippen LogP contribution < -0.4 is 0 Å². The summed E-state index contributed by atoms with van der Waals surface area (Å²) >= 11 is 1.53. The highest BCUT2D eigenvalue weighted by atomic mass is 32.2. The second kappa shape index (κ2) is 6.27. The van der Waals surface area contributed by atoms with Crippen LogP contribution in [0.25, 0.3) is 0 Å². The smallest absolute Gasteiger partial charge is 0.258 e. The van der Waals surface area contributed by atoms with Crippen molar-refractivity contribution in [3.63, 3.8) is 0 Å². The minimum Gasteiger partial charge on any atom is -0.507 e.